The molecule has 3 atom stereocenters. The molecule has 1 aromatic carbocycles. The number of Topliss-reactive ketones (excluding diaryl/α,β-unsaturated/α-hetero) is 1. The van der Waals surface area contributed by atoms with E-state index in [1.807, 2.05) is 43.9 Å². The highest BCUT2D eigenvalue weighted by Gasteiger charge is 2.54. The Morgan fingerprint density at radius 3 is 2.69 bits per heavy atom. The molecule has 6 nitrogen and oxygen atoms in total. The summed E-state index contributed by atoms with van der Waals surface area (Å²) in [5, 5.41) is 0. The molecule has 3 unspecified atom stereocenters. The topological polar surface area (TPSA) is 66.9 Å². The summed E-state index contributed by atoms with van der Waals surface area (Å²) in [6, 6.07) is 5.04. The first-order valence-electron chi connectivity index (χ1n) is 10.6. The number of ether oxygens (including phenoxy) is 1. The first-order chi connectivity index (χ1) is 13.8. The molecule has 0 aromatic heterocycles. The second kappa shape index (κ2) is 7.15. The van der Waals surface area contributed by atoms with E-state index in [0.29, 0.717) is 19.4 Å². The summed E-state index contributed by atoms with van der Waals surface area (Å²) < 4.78 is 5.56. The van der Waals surface area contributed by atoms with Crippen LogP contribution < -0.4 is 4.74 Å². The van der Waals surface area contributed by atoms with Gasteiger partial charge in [-0.15, -0.1) is 0 Å². The van der Waals surface area contributed by atoms with Gasteiger partial charge in [-0.25, -0.2) is 0 Å². The number of carbonyl (C=O) groups is 3. The summed E-state index contributed by atoms with van der Waals surface area (Å²) >= 11 is 0. The second-order valence-electron chi connectivity index (χ2n) is 9.05. The molecule has 0 spiro atoms. The van der Waals surface area contributed by atoms with Gasteiger partial charge in [0.2, 0.25) is 11.7 Å². The van der Waals surface area contributed by atoms with Crippen molar-refractivity contribution in [1.29, 1.82) is 0 Å². The predicted octanol–water partition coefficient (Wildman–Crippen LogP) is 2.89. The number of rotatable bonds is 4. The number of piperazine rings is 1. The number of amides is 2. The Morgan fingerprint density at radius 2 is 2.00 bits per heavy atom. The van der Waals surface area contributed by atoms with E-state index in [1.54, 1.807) is 12.0 Å². The van der Waals surface area contributed by atoms with E-state index >= 15 is 0 Å². The molecule has 3 aliphatic heterocycles. The van der Waals surface area contributed by atoms with E-state index in [1.165, 1.54) is 0 Å². The number of nitrogens with zero attached hydrogens (tertiary/aromatic N) is 2. The first-order valence-corrected chi connectivity index (χ1v) is 10.6. The van der Waals surface area contributed by atoms with E-state index < -0.39 is 17.4 Å². The standard InChI is InChI=1S/C23H30N2O4/c1-5-23(2,3)20(26)22(28)25-16-9-7-10-17(25)21(27)24-13-12-14-15(19(16)24)8-6-11-18(14)29-4/h6,8,11,16-17,19H,5,7,9-10,12-13H2,1-4H3. The number of methoxy groups -OCH3 is 1. The highest BCUT2D eigenvalue weighted by molar-refractivity contribution is 6.38. The third-order valence-electron chi connectivity index (χ3n) is 7.18. The van der Waals surface area contributed by atoms with Gasteiger partial charge in [-0.1, -0.05) is 32.9 Å². The van der Waals surface area contributed by atoms with Crippen molar-refractivity contribution in [3.63, 3.8) is 0 Å². The third kappa shape index (κ3) is 2.95. The number of fused-ring (bicyclic) bond motifs is 6. The molecule has 1 aromatic rings. The lowest BCUT2D eigenvalue weighted by atomic mass is 9.77. The van der Waals surface area contributed by atoms with Gasteiger partial charge >= 0.3 is 0 Å². The average molecular weight is 399 g/mol. The Morgan fingerprint density at radius 1 is 1.24 bits per heavy atom. The Bertz CT molecular complexity index is 862. The fourth-order valence-electron chi connectivity index (χ4n) is 5.15. The van der Waals surface area contributed by atoms with E-state index in [0.717, 1.165) is 36.1 Å². The molecule has 0 aliphatic carbocycles. The molecule has 156 valence electrons. The monoisotopic (exact) mass is 398 g/mol. The maximum Gasteiger partial charge on any atom is 0.291 e. The van der Waals surface area contributed by atoms with Crippen LogP contribution in [0.25, 0.3) is 0 Å². The van der Waals surface area contributed by atoms with Gasteiger partial charge in [0, 0.05) is 17.5 Å². The molecular weight excluding hydrogens is 368 g/mol. The highest BCUT2D eigenvalue weighted by Crippen LogP contribution is 2.46. The Labute approximate surface area is 172 Å². The van der Waals surface area contributed by atoms with Gasteiger partial charge in [0.25, 0.3) is 5.91 Å². The lowest BCUT2D eigenvalue weighted by Gasteiger charge is -2.55. The van der Waals surface area contributed by atoms with Crippen LogP contribution in [0.15, 0.2) is 18.2 Å². The van der Waals surface area contributed by atoms with Gasteiger partial charge in [0.1, 0.15) is 11.8 Å². The summed E-state index contributed by atoms with van der Waals surface area (Å²) in [6.45, 7) is 6.16. The SMILES string of the molecule is CCC(C)(C)C(=O)C(=O)N1C2CCCC1C1c3cccc(OC)c3CCN1C2=O. The zero-order valence-corrected chi connectivity index (χ0v) is 17.7. The molecule has 0 N–H and O–H groups in total. The molecular formula is C23H30N2O4. The average Bonchev–Trinajstić information content (AvgIpc) is 2.74. The first kappa shape index (κ1) is 19.9. The smallest absolute Gasteiger partial charge is 0.291 e. The normalized spacial score (nSPS) is 25.9. The number of piperidine rings is 1. The molecule has 0 radical (unpaired) electrons. The molecule has 2 saturated heterocycles. The molecule has 3 aliphatic rings. The van der Waals surface area contributed by atoms with Crippen LogP contribution in [-0.2, 0) is 20.8 Å². The van der Waals surface area contributed by atoms with Crippen molar-refractivity contribution in [2.45, 2.75) is 71.0 Å². The van der Waals surface area contributed by atoms with E-state index in [-0.39, 0.29) is 23.8 Å². The number of hydrogen-bond donors (Lipinski definition) is 0. The molecule has 2 amide bonds. The van der Waals surface area contributed by atoms with Crippen LogP contribution in [0.5, 0.6) is 5.75 Å². The molecule has 0 saturated carbocycles. The maximum absolute atomic E-state index is 13.4. The van der Waals surface area contributed by atoms with Crippen LogP contribution in [-0.4, -0.2) is 53.1 Å². The molecule has 2 bridgehead atoms. The number of ketones is 1. The van der Waals surface area contributed by atoms with Crippen molar-refractivity contribution < 1.29 is 19.1 Å². The van der Waals surface area contributed by atoms with Crippen molar-refractivity contribution in [3.8, 4) is 5.75 Å². The predicted molar refractivity (Wildman–Crippen MR) is 109 cm³/mol. The van der Waals surface area contributed by atoms with Crippen molar-refractivity contribution >= 4 is 17.6 Å². The minimum atomic E-state index is -0.723. The van der Waals surface area contributed by atoms with Gasteiger partial charge < -0.3 is 14.5 Å². The lowest BCUT2D eigenvalue weighted by Crippen LogP contribution is -2.68. The number of hydrogen-bond acceptors (Lipinski definition) is 4. The second-order valence-corrected chi connectivity index (χ2v) is 9.05. The largest absolute Gasteiger partial charge is 0.496 e. The zero-order chi connectivity index (χ0) is 20.9. The van der Waals surface area contributed by atoms with E-state index in [9.17, 15) is 14.4 Å². The van der Waals surface area contributed by atoms with Crippen molar-refractivity contribution in [2.24, 2.45) is 5.41 Å². The lowest BCUT2D eigenvalue weighted by molar-refractivity contribution is -0.170. The number of benzene rings is 1. The summed E-state index contributed by atoms with van der Waals surface area (Å²) in [5.74, 6) is -0.0714. The van der Waals surface area contributed by atoms with Crippen LogP contribution in [0.1, 0.15) is 63.6 Å². The van der Waals surface area contributed by atoms with Crippen molar-refractivity contribution in [1.82, 2.24) is 9.80 Å². The van der Waals surface area contributed by atoms with Gasteiger partial charge in [-0.05, 0) is 43.7 Å². The Hall–Kier alpha value is -2.37. The summed E-state index contributed by atoms with van der Waals surface area (Å²) in [7, 11) is 1.66. The molecule has 29 heavy (non-hydrogen) atoms. The van der Waals surface area contributed by atoms with Crippen LogP contribution in [0.3, 0.4) is 0 Å². The number of carbonyl (C=O) groups excluding carboxylic acids is 3. The fourth-order valence-corrected chi connectivity index (χ4v) is 5.15. The fraction of sp³-hybridized carbons (Fsp3) is 0.609. The molecule has 3 heterocycles. The molecule has 6 heteroatoms. The van der Waals surface area contributed by atoms with Gasteiger partial charge in [0.15, 0.2) is 0 Å². The quantitative estimate of drug-likeness (QED) is 0.732. The third-order valence-corrected chi connectivity index (χ3v) is 7.18. The van der Waals surface area contributed by atoms with Crippen molar-refractivity contribution in [3.05, 3.63) is 29.3 Å². The van der Waals surface area contributed by atoms with Gasteiger partial charge in [-0.3, -0.25) is 14.4 Å². The zero-order valence-electron chi connectivity index (χ0n) is 17.7. The van der Waals surface area contributed by atoms with Crippen LogP contribution in [0.2, 0.25) is 0 Å². The Kier molecular flexibility index (Phi) is 4.91. The van der Waals surface area contributed by atoms with E-state index in [4.69, 9.17) is 4.74 Å². The van der Waals surface area contributed by atoms with Gasteiger partial charge in [-0.2, -0.15) is 0 Å². The minimum Gasteiger partial charge on any atom is -0.496 e. The van der Waals surface area contributed by atoms with Crippen molar-refractivity contribution in [2.75, 3.05) is 13.7 Å². The van der Waals surface area contributed by atoms with Crippen LogP contribution in [0, 0.1) is 5.41 Å². The van der Waals surface area contributed by atoms with Crippen LogP contribution >= 0.6 is 0 Å². The molecule has 2 fully saturated rings. The van der Waals surface area contributed by atoms with E-state index in [2.05, 4.69) is 0 Å². The maximum atomic E-state index is 13.4. The molecule has 4 rings (SSSR count). The van der Waals surface area contributed by atoms with Crippen LogP contribution in [0.4, 0.5) is 0 Å². The summed E-state index contributed by atoms with van der Waals surface area (Å²) in [5.41, 5.74) is 1.44. The van der Waals surface area contributed by atoms with Gasteiger partial charge in [0.05, 0.1) is 19.2 Å². The summed E-state index contributed by atoms with van der Waals surface area (Å²) in [6.07, 6.45) is 3.66. The Balaban J connectivity index is 1.78. The minimum absolute atomic E-state index is 0.0186. The summed E-state index contributed by atoms with van der Waals surface area (Å²) in [4.78, 5) is 43.3. The highest BCUT2D eigenvalue weighted by atomic mass is 16.5.